The smallest absolute Gasteiger partial charge is 0.245 e. The van der Waals surface area contributed by atoms with Gasteiger partial charge in [-0.15, -0.1) is 0 Å². The fraction of sp³-hybridized carbons (Fsp3) is 0.951. The molecule has 4 atom stereocenters. The Labute approximate surface area is 363 Å². The fourth-order valence-corrected chi connectivity index (χ4v) is 3.12. The maximum atomic E-state index is 10.4. The lowest BCUT2D eigenvalue weighted by Gasteiger charge is -2.08. The topological polar surface area (TPSA) is 248 Å². The zero-order chi connectivity index (χ0) is 47.4. The summed E-state index contributed by atoms with van der Waals surface area (Å²) in [5.74, 6) is -0.0208. The van der Waals surface area contributed by atoms with Crippen LogP contribution in [0.1, 0.15) is 89.5 Å². The van der Waals surface area contributed by atoms with Crippen LogP contribution in [0.3, 0.4) is 0 Å². The SMILES string of the molecule is CCNC(=O)COC.CCNC(C)=O.CCNCC(C)O.CCNCCCOC.CCNCCOC.CCNC[C@@H](C)O.CCNC[C@H](C)O.CCNC[C@H](O)COC. The van der Waals surface area contributed by atoms with Crippen molar-refractivity contribution in [3.8, 4) is 0 Å². The summed E-state index contributed by atoms with van der Waals surface area (Å²) in [5.41, 5.74) is 0. The van der Waals surface area contributed by atoms with Crippen LogP contribution in [0.2, 0.25) is 0 Å². The van der Waals surface area contributed by atoms with Crippen molar-refractivity contribution in [3.05, 3.63) is 0 Å². The molecule has 0 rings (SSSR count). The maximum absolute atomic E-state index is 10.4. The van der Waals surface area contributed by atoms with Crippen LogP contribution < -0.4 is 42.5 Å². The van der Waals surface area contributed by atoms with Crippen molar-refractivity contribution in [2.45, 2.75) is 114 Å². The fourth-order valence-electron chi connectivity index (χ4n) is 3.12. The lowest BCUT2D eigenvalue weighted by atomic mass is 10.4. The Morgan fingerprint density at radius 2 is 0.847 bits per heavy atom. The van der Waals surface area contributed by atoms with Crippen molar-refractivity contribution < 1.29 is 49.0 Å². The first-order valence-corrected chi connectivity index (χ1v) is 21.5. The molecule has 0 spiro atoms. The number of nitrogens with one attached hydrogen (secondary N) is 8. The van der Waals surface area contributed by atoms with Gasteiger partial charge in [-0.25, -0.2) is 0 Å². The summed E-state index contributed by atoms with van der Waals surface area (Å²) in [4.78, 5) is 20.3. The summed E-state index contributed by atoms with van der Waals surface area (Å²) < 4.78 is 18.9. The molecule has 0 radical (unpaired) electrons. The van der Waals surface area contributed by atoms with Crippen molar-refractivity contribution >= 4 is 11.8 Å². The van der Waals surface area contributed by atoms with Crippen molar-refractivity contribution in [3.63, 3.8) is 0 Å². The van der Waals surface area contributed by atoms with E-state index in [0.29, 0.717) is 39.3 Å². The van der Waals surface area contributed by atoms with Gasteiger partial charge in [0.05, 0.1) is 37.6 Å². The molecular weight excluding hydrogens is 764 g/mol. The molecule has 59 heavy (non-hydrogen) atoms. The molecule has 18 heteroatoms. The van der Waals surface area contributed by atoms with E-state index < -0.39 is 0 Å². The molecule has 0 bridgehead atoms. The van der Waals surface area contributed by atoms with Crippen LogP contribution in [0.15, 0.2) is 0 Å². The number of hydrogen-bond acceptors (Lipinski definition) is 16. The van der Waals surface area contributed by atoms with Crippen LogP contribution in [0, 0.1) is 0 Å². The third-order valence-corrected chi connectivity index (χ3v) is 5.82. The molecule has 0 saturated heterocycles. The molecule has 366 valence electrons. The van der Waals surface area contributed by atoms with Gasteiger partial charge in [0, 0.05) is 87.8 Å². The Kier molecular flexibility index (Phi) is 97.7. The molecule has 0 aromatic heterocycles. The summed E-state index contributed by atoms with van der Waals surface area (Å²) >= 11 is 0. The van der Waals surface area contributed by atoms with E-state index in [0.717, 1.165) is 78.5 Å². The molecule has 0 aliphatic rings. The average molecular weight is 867 g/mol. The second-order valence-corrected chi connectivity index (χ2v) is 12.4. The highest BCUT2D eigenvalue weighted by molar-refractivity contribution is 5.77. The van der Waals surface area contributed by atoms with Crippen molar-refractivity contribution in [2.75, 3.05) is 146 Å². The lowest BCUT2D eigenvalue weighted by molar-refractivity contribution is -0.124. The van der Waals surface area contributed by atoms with Crippen LogP contribution in [0.4, 0.5) is 0 Å². The van der Waals surface area contributed by atoms with E-state index in [4.69, 9.17) is 34.6 Å². The summed E-state index contributed by atoms with van der Waals surface area (Å²) in [6.07, 6.45) is 0.124. The minimum Gasteiger partial charge on any atom is -0.392 e. The van der Waals surface area contributed by atoms with E-state index in [9.17, 15) is 9.59 Å². The van der Waals surface area contributed by atoms with Gasteiger partial charge in [0.1, 0.15) is 6.61 Å². The van der Waals surface area contributed by atoms with Gasteiger partial charge in [-0.1, -0.05) is 41.5 Å². The van der Waals surface area contributed by atoms with Gasteiger partial charge in [-0.3, -0.25) is 9.59 Å². The zero-order valence-electron chi connectivity index (χ0n) is 41.0. The van der Waals surface area contributed by atoms with E-state index in [1.165, 1.54) is 14.0 Å². The molecule has 0 aliphatic carbocycles. The highest BCUT2D eigenvalue weighted by Gasteiger charge is 1.99. The quantitative estimate of drug-likeness (QED) is 0.0498. The van der Waals surface area contributed by atoms with Gasteiger partial charge in [0.2, 0.25) is 11.8 Å². The molecule has 0 aromatic rings. The Morgan fingerprint density at radius 1 is 0.475 bits per heavy atom. The van der Waals surface area contributed by atoms with Crippen molar-refractivity contribution in [2.24, 2.45) is 0 Å². The number of carbonyl (C=O) groups is 2. The van der Waals surface area contributed by atoms with Crippen LogP contribution in [-0.4, -0.2) is 203 Å². The van der Waals surface area contributed by atoms with Gasteiger partial charge in [-0.05, 0) is 86.9 Å². The number of aliphatic hydroxyl groups excluding tert-OH is 4. The molecule has 1 unspecified atom stereocenters. The first-order chi connectivity index (χ1) is 28.0. The predicted octanol–water partition coefficient (Wildman–Crippen LogP) is 0.319. The summed E-state index contributed by atoms with van der Waals surface area (Å²) in [6, 6.07) is 0. The molecule has 0 aliphatic heterocycles. The number of rotatable bonds is 27. The number of amides is 2. The minimum absolute atomic E-state index is 0.0394. The largest absolute Gasteiger partial charge is 0.392 e. The van der Waals surface area contributed by atoms with Gasteiger partial charge in [-0.2, -0.15) is 0 Å². The van der Waals surface area contributed by atoms with E-state index in [2.05, 4.69) is 61.1 Å². The molecule has 0 fully saturated rings. The highest BCUT2D eigenvalue weighted by Crippen LogP contribution is 1.79. The Morgan fingerprint density at radius 3 is 1.10 bits per heavy atom. The third kappa shape index (κ3) is 133. The average Bonchev–Trinajstić information content (AvgIpc) is 3.18. The van der Waals surface area contributed by atoms with Crippen LogP contribution in [0.5, 0.6) is 0 Å². The second kappa shape index (κ2) is 77.0. The third-order valence-electron chi connectivity index (χ3n) is 5.82. The number of ether oxygens (including phenoxy) is 4. The van der Waals surface area contributed by atoms with Crippen LogP contribution in [0.25, 0.3) is 0 Å². The Balaban J connectivity index is -0.0000000842. The molecule has 12 N–H and O–H groups in total. The number of likely N-dealkylation sites (N-methyl/N-ethyl adjacent to an activating group) is 6. The number of aliphatic hydroxyl groups is 4. The first kappa shape index (κ1) is 74.8. The molecule has 0 saturated carbocycles. The Bertz CT molecular complexity index is 646. The number of hydrogen-bond donors (Lipinski definition) is 12. The number of carbonyl (C=O) groups excluding carboxylic acids is 2. The first-order valence-electron chi connectivity index (χ1n) is 21.5. The normalized spacial score (nSPS) is 11.5. The summed E-state index contributed by atoms with van der Waals surface area (Å²) in [6.45, 7) is 37.0. The molecule has 18 nitrogen and oxygen atoms in total. The van der Waals surface area contributed by atoms with Gasteiger partial charge in [0.25, 0.3) is 0 Å². The molecule has 0 aromatic carbocycles. The van der Waals surface area contributed by atoms with Gasteiger partial charge in [0.15, 0.2) is 0 Å². The van der Waals surface area contributed by atoms with Gasteiger partial charge < -0.3 is 81.9 Å². The van der Waals surface area contributed by atoms with Gasteiger partial charge >= 0.3 is 0 Å². The number of methoxy groups -OCH3 is 4. The van der Waals surface area contributed by atoms with E-state index in [1.54, 1.807) is 42.1 Å². The predicted molar refractivity (Wildman–Crippen MR) is 247 cm³/mol. The van der Waals surface area contributed by atoms with Crippen molar-refractivity contribution in [1.29, 1.82) is 0 Å². The summed E-state index contributed by atoms with van der Waals surface area (Å²) in [7, 11) is 6.51. The van der Waals surface area contributed by atoms with Crippen LogP contribution in [-0.2, 0) is 28.5 Å². The second-order valence-electron chi connectivity index (χ2n) is 12.4. The molecular formula is C41H102N8O10. The highest BCUT2D eigenvalue weighted by atomic mass is 16.5. The monoisotopic (exact) mass is 867 g/mol. The van der Waals surface area contributed by atoms with E-state index >= 15 is 0 Å². The maximum Gasteiger partial charge on any atom is 0.245 e. The van der Waals surface area contributed by atoms with E-state index in [-0.39, 0.29) is 42.8 Å². The lowest BCUT2D eigenvalue weighted by Crippen LogP contribution is -2.29. The zero-order valence-corrected chi connectivity index (χ0v) is 41.0. The molecule has 0 heterocycles. The van der Waals surface area contributed by atoms with Crippen LogP contribution >= 0.6 is 0 Å². The van der Waals surface area contributed by atoms with Crippen molar-refractivity contribution in [1.82, 2.24) is 42.5 Å². The molecule has 2 amide bonds. The standard InChI is InChI=1S/C6H15NO2.C6H15NO.C5H11NO2.4C5H13NO.C4H9NO/c1-3-7-4-6(8)5-9-2;1-3-7-5-4-6-8-2;1-3-6-5(7)4-8-2;1-3-6-4-5-7-2;3*1-3-6-4-5(2)7;1-3-5-4(2)6/h6-8H,3-5H2,1-2H3;7H,3-6H2,1-2H3;3-4H2,1-2H3,(H,6,7);6H,3-5H2,1-2H3;3*5-7H,3-4H2,1-2H3;3H2,1-2H3,(H,5,6)/t6-;;;;2*5-;;/m0...10../s1. The summed E-state index contributed by atoms with van der Waals surface area (Å²) in [5, 5.41) is 58.3. The van der Waals surface area contributed by atoms with E-state index in [1.807, 2.05) is 41.5 Å². The minimum atomic E-state index is -0.366. The Hall–Kier alpha value is -1.62.